The lowest BCUT2D eigenvalue weighted by molar-refractivity contribution is -0.173. The number of aromatic nitrogens is 2. The van der Waals surface area contributed by atoms with E-state index in [0.717, 1.165) is 10.9 Å². The molecule has 4 rings (SSSR count). The molecule has 186 valence electrons. The third kappa shape index (κ3) is 4.98. The van der Waals surface area contributed by atoms with Gasteiger partial charge in [0, 0.05) is 12.1 Å². The highest BCUT2D eigenvalue weighted by Crippen LogP contribution is 2.45. The van der Waals surface area contributed by atoms with Gasteiger partial charge in [-0.1, -0.05) is 6.07 Å². The van der Waals surface area contributed by atoms with Crippen molar-refractivity contribution in [2.75, 3.05) is 31.5 Å². The molecule has 0 spiro atoms. The summed E-state index contributed by atoms with van der Waals surface area (Å²) in [6.07, 6.45) is -3.74. The van der Waals surface area contributed by atoms with Gasteiger partial charge in [-0.15, -0.1) is 0 Å². The van der Waals surface area contributed by atoms with Crippen LogP contribution in [0.1, 0.15) is 41.3 Å². The van der Waals surface area contributed by atoms with Gasteiger partial charge in [-0.25, -0.2) is 4.68 Å². The van der Waals surface area contributed by atoms with Crippen molar-refractivity contribution in [1.82, 2.24) is 9.78 Å². The molecule has 8 nitrogen and oxygen atoms in total. The number of alkyl halides is 3. The van der Waals surface area contributed by atoms with Crippen molar-refractivity contribution in [3.05, 3.63) is 59.8 Å². The SMILES string of the molecule is CCOc1ccc(NC(=O)c2cnn3c2NC(c2ccc(OC)c(OC)c2)CC3C(F)(F)F)cc1. The molecule has 2 heterocycles. The number of hydrogen-bond acceptors (Lipinski definition) is 6. The van der Waals surface area contributed by atoms with E-state index in [1.165, 1.54) is 14.2 Å². The smallest absolute Gasteiger partial charge is 0.410 e. The number of anilines is 2. The first-order chi connectivity index (χ1) is 16.7. The summed E-state index contributed by atoms with van der Waals surface area (Å²) in [6.45, 7) is 2.36. The van der Waals surface area contributed by atoms with E-state index in [4.69, 9.17) is 14.2 Å². The van der Waals surface area contributed by atoms with Crippen LogP contribution in [0.5, 0.6) is 17.2 Å². The molecule has 0 bridgehead atoms. The van der Waals surface area contributed by atoms with Crippen LogP contribution < -0.4 is 24.8 Å². The molecule has 0 saturated heterocycles. The largest absolute Gasteiger partial charge is 0.494 e. The predicted octanol–water partition coefficient (Wildman–Crippen LogP) is 5.21. The molecule has 2 aromatic carbocycles. The van der Waals surface area contributed by atoms with E-state index in [9.17, 15) is 18.0 Å². The summed E-state index contributed by atoms with van der Waals surface area (Å²) in [5.74, 6) is 0.891. The standard InChI is InChI=1S/C24H25F3N4O4/c1-4-35-16-8-6-15(7-9-16)29-23(32)17-13-28-31-21(24(25,26)27)12-18(30-22(17)31)14-5-10-19(33-2)20(11-14)34-3/h5-11,13,18,21,30H,4,12H2,1-3H3,(H,29,32). The highest BCUT2D eigenvalue weighted by Gasteiger charge is 2.47. The molecule has 3 aromatic rings. The minimum atomic E-state index is -4.57. The number of methoxy groups -OCH3 is 2. The van der Waals surface area contributed by atoms with Crippen LogP contribution in [0.2, 0.25) is 0 Å². The van der Waals surface area contributed by atoms with Gasteiger partial charge < -0.3 is 24.8 Å². The van der Waals surface area contributed by atoms with E-state index in [-0.39, 0.29) is 17.8 Å². The fourth-order valence-corrected chi connectivity index (χ4v) is 4.02. The molecule has 0 aliphatic carbocycles. The van der Waals surface area contributed by atoms with Gasteiger partial charge in [0.25, 0.3) is 5.91 Å². The number of nitrogens with one attached hydrogen (secondary N) is 2. The number of carbonyl (C=O) groups is 1. The zero-order valence-corrected chi connectivity index (χ0v) is 19.3. The maximum atomic E-state index is 14.0. The van der Waals surface area contributed by atoms with Gasteiger partial charge in [-0.05, 0) is 48.9 Å². The molecule has 1 aliphatic rings. The molecule has 35 heavy (non-hydrogen) atoms. The molecule has 1 amide bonds. The Hall–Kier alpha value is -3.89. The summed E-state index contributed by atoms with van der Waals surface area (Å²) < 4.78 is 58.7. The van der Waals surface area contributed by atoms with Crippen molar-refractivity contribution >= 4 is 17.4 Å². The van der Waals surface area contributed by atoms with E-state index < -0.39 is 24.2 Å². The summed E-state index contributed by atoms with van der Waals surface area (Å²) in [7, 11) is 2.93. The average Bonchev–Trinajstić information content (AvgIpc) is 3.28. The number of rotatable bonds is 7. The third-order valence-electron chi connectivity index (χ3n) is 5.72. The van der Waals surface area contributed by atoms with E-state index in [0.29, 0.717) is 35.1 Å². The van der Waals surface area contributed by atoms with Gasteiger partial charge in [0.2, 0.25) is 0 Å². The monoisotopic (exact) mass is 490 g/mol. The molecule has 0 saturated carbocycles. The maximum Gasteiger partial charge on any atom is 0.410 e. The fraction of sp³-hybridized carbons (Fsp3) is 0.333. The van der Waals surface area contributed by atoms with Gasteiger partial charge >= 0.3 is 6.18 Å². The highest BCUT2D eigenvalue weighted by atomic mass is 19.4. The Kier molecular flexibility index (Phi) is 6.77. The molecular formula is C24H25F3N4O4. The quantitative estimate of drug-likeness (QED) is 0.473. The van der Waals surface area contributed by atoms with Crippen molar-refractivity contribution in [3.63, 3.8) is 0 Å². The Morgan fingerprint density at radius 3 is 2.49 bits per heavy atom. The van der Waals surface area contributed by atoms with Crippen molar-refractivity contribution < 1.29 is 32.2 Å². The van der Waals surface area contributed by atoms with Crippen LogP contribution in [-0.2, 0) is 0 Å². The molecule has 0 fully saturated rings. The maximum absolute atomic E-state index is 14.0. The Balaban J connectivity index is 1.65. The lowest BCUT2D eigenvalue weighted by Gasteiger charge is -2.34. The second-order valence-electron chi connectivity index (χ2n) is 7.87. The number of hydrogen-bond donors (Lipinski definition) is 2. The first-order valence-electron chi connectivity index (χ1n) is 10.9. The number of amides is 1. The van der Waals surface area contributed by atoms with Crippen LogP contribution in [0.25, 0.3) is 0 Å². The van der Waals surface area contributed by atoms with Gasteiger partial charge in [-0.3, -0.25) is 4.79 Å². The molecule has 1 aromatic heterocycles. The van der Waals surface area contributed by atoms with Crippen LogP contribution in [0, 0.1) is 0 Å². The fourth-order valence-electron chi connectivity index (χ4n) is 4.02. The Bertz CT molecular complexity index is 1190. The van der Waals surface area contributed by atoms with Crippen molar-refractivity contribution in [1.29, 1.82) is 0 Å². The van der Waals surface area contributed by atoms with Crippen LogP contribution in [-0.4, -0.2) is 42.7 Å². The highest BCUT2D eigenvalue weighted by molar-refractivity contribution is 6.07. The minimum absolute atomic E-state index is 0.00156. The number of nitrogens with zero attached hydrogens (tertiary/aromatic N) is 2. The van der Waals surface area contributed by atoms with Gasteiger partial charge in [0.05, 0.1) is 33.1 Å². The molecule has 1 aliphatic heterocycles. The first kappa shape index (κ1) is 24.2. The van der Waals surface area contributed by atoms with Gasteiger partial charge in [0.1, 0.15) is 17.1 Å². The lowest BCUT2D eigenvalue weighted by atomic mass is 9.96. The van der Waals surface area contributed by atoms with E-state index in [1.54, 1.807) is 42.5 Å². The van der Waals surface area contributed by atoms with Crippen molar-refractivity contribution in [3.8, 4) is 17.2 Å². The zero-order valence-electron chi connectivity index (χ0n) is 19.3. The minimum Gasteiger partial charge on any atom is -0.494 e. The Morgan fingerprint density at radius 2 is 1.86 bits per heavy atom. The molecule has 2 unspecified atom stereocenters. The van der Waals surface area contributed by atoms with Crippen LogP contribution >= 0.6 is 0 Å². The van der Waals surface area contributed by atoms with Crippen LogP contribution in [0.15, 0.2) is 48.7 Å². The van der Waals surface area contributed by atoms with Gasteiger partial charge in [0.15, 0.2) is 17.5 Å². The summed E-state index contributed by atoms with van der Waals surface area (Å²) >= 11 is 0. The molecule has 2 atom stereocenters. The van der Waals surface area contributed by atoms with Gasteiger partial charge in [-0.2, -0.15) is 18.3 Å². The van der Waals surface area contributed by atoms with Crippen molar-refractivity contribution in [2.45, 2.75) is 31.6 Å². The Morgan fingerprint density at radius 1 is 1.14 bits per heavy atom. The van der Waals surface area contributed by atoms with Crippen LogP contribution in [0.4, 0.5) is 24.7 Å². The second kappa shape index (κ2) is 9.77. The van der Waals surface area contributed by atoms with E-state index in [2.05, 4.69) is 15.7 Å². The van der Waals surface area contributed by atoms with E-state index >= 15 is 0 Å². The topological polar surface area (TPSA) is 86.6 Å². The van der Waals surface area contributed by atoms with Crippen LogP contribution in [0.3, 0.4) is 0 Å². The lowest BCUT2D eigenvalue weighted by Crippen LogP contribution is -2.36. The first-order valence-corrected chi connectivity index (χ1v) is 10.9. The Labute approximate surface area is 200 Å². The molecule has 0 radical (unpaired) electrons. The number of benzene rings is 2. The summed E-state index contributed by atoms with van der Waals surface area (Å²) in [6, 6.07) is 8.94. The third-order valence-corrected chi connectivity index (χ3v) is 5.72. The predicted molar refractivity (Wildman–Crippen MR) is 123 cm³/mol. The molecular weight excluding hydrogens is 465 g/mol. The molecule has 2 N–H and O–H groups in total. The number of fused-ring (bicyclic) bond motifs is 1. The molecule has 11 heteroatoms. The zero-order chi connectivity index (χ0) is 25.2. The number of carbonyl (C=O) groups excluding carboxylic acids is 1. The summed E-state index contributed by atoms with van der Waals surface area (Å²) in [4.78, 5) is 13.0. The summed E-state index contributed by atoms with van der Waals surface area (Å²) in [5, 5.41) is 9.67. The number of halogens is 3. The normalized spacial score (nSPS) is 17.2. The second-order valence-corrected chi connectivity index (χ2v) is 7.87. The van der Waals surface area contributed by atoms with Crippen molar-refractivity contribution in [2.24, 2.45) is 0 Å². The number of ether oxygens (including phenoxy) is 3. The average molecular weight is 490 g/mol. The summed E-state index contributed by atoms with van der Waals surface area (Å²) in [5.41, 5.74) is 1.03. The van der Waals surface area contributed by atoms with E-state index in [1.807, 2.05) is 6.92 Å².